The van der Waals surface area contributed by atoms with E-state index in [1.54, 1.807) is 25.3 Å². The summed E-state index contributed by atoms with van der Waals surface area (Å²) >= 11 is 6.11. The van der Waals surface area contributed by atoms with Crippen LogP contribution in [0.3, 0.4) is 0 Å². The Morgan fingerprint density at radius 2 is 1.78 bits per heavy atom. The first-order chi connectivity index (χ1) is 15.5. The van der Waals surface area contributed by atoms with Crippen LogP contribution in [0, 0.1) is 6.92 Å². The lowest BCUT2D eigenvalue weighted by molar-refractivity contribution is 0.0601. The minimum absolute atomic E-state index is 0.239. The number of aryl methyl sites for hydroxylation is 1. The van der Waals surface area contributed by atoms with E-state index < -0.39 is 5.97 Å². The van der Waals surface area contributed by atoms with Crippen LogP contribution in [0.1, 0.15) is 21.5 Å². The van der Waals surface area contributed by atoms with Gasteiger partial charge in [0.15, 0.2) is 0 Å². The summed E-state index contributed by atoms with van der Waals surface area (Å²) in [7, 11) is 2.97. The molecule has 162 valence electrons. The molecule has 0 aliphatic rings. The molecule has 4 aromatic rings. The van der Waals surface area contributed by atoms with E-state index >= 15 is 0 Å². The molecule has 4 rings (SSSR count). The molecule has 0 fully saturated rings. The van der Waals surface area contributed by atoms with Gasteiger partial charge in [0.2, 0.25) is 5.82 Å². The monoisotopic (exact) mass is 448 g/mol. The fourth-order valence-electron chi connectivity index (χ4n) is 3.53. The largest absolute Gasteiger partial charge is 0.465 e. The molecule has 1 heterocycles. The maximum atomic E-state index is 11.9. The van der Waals surface area contributed by atoms with Crippen molar-refractivity contribution in [3.8, 4) is 34.0 Å². The van der Waals surface area contributed by atoms with Gasteiger partial charge in [0.25, 0.3) is 5.89 Å². The normalized spacial score (nSPS) is 10.9. The first kappa shape index (κ1) is 21.7. The summed E-state index contributed by atoms with van der Waals surface area (Å²) in [5.74, 6) is 0.179. The average molecular weight is 449 g/mol. The molecular formula is C25H21ClN2O4. The van der Waals surface area contributed by atoms with Gasteiger partial charge in [-0.1, -0.05) is 47.1 Å². The van der Waals surface area contributed by atoms with Gasteiger partial charge in [-0.05, 0) is 59.5 Å². The number of ether oxygens (including phenoxy) is 2. The number of rotatable bonds is 6. The number of methoxy groups -OCH3 is 2. The highest BCUT2D eigenvalue weighted by atomic mass is 35.5. The second kappa shape index (κ2) is 9.34. The van der Waals surface area contributed by atoms with Gasteiger partial charge in [-0.2, -0.15) is 4.98 Å². The Kier molecular flexibility index (Phi) is 6.35. The third-order valence-electron chi connectivity index (χ3n) is 5.14. The number of benzene rings is 3. The predicted octanol–water partition coefficient (Wildman–Crippen LogP) is 5.97. The van der Waals surface area contributed by atoms with Crippen LogP contribution in [0.25, 0.3) is 34.0 Å². The molecule has 0 saturated heterocycles. The van der Waals surface area contributed by atoms with E-state index in [1.807, 2.05) is 30.3 Å². The van der Waals surface area contributed by atoms with Gasteiger partial charge in [-0.3, -0.25) is 0 Å². The molecule has 0 radical (unpaired) electrons. The molecule has 0 N–H and O–H groups in total. The highest BCUT2D eigenvalue weighted by Gasteiger charge is 2.17. The fraction of sp³-hybridized carbons (Fsp3) is 0.160. The highest BCUT2D eigenvalue weighted by molar-refractivity contribution is 6.33. The summed E-state index contributed by atoms with van der Waals surface area (Å²) in [6.45, 7) is 2.52. The van der Waals surface area contributed by atoms with Gasteiger partial charge >= 0.3 is 5.97 Å². The van der Waals surface area contributed by atoms with E-state index in [0.29, 0.717) is 28.9 Å². The molecule has 7 heteroatoms. The topological polar surface area (TPSA) is 74.5 Å². The number of carbonyl (C=O) groups is 1. The van der Waals surface area contributed by atoms with Gasteiger partial charge in [-0.15, -0.1) is 0 Å². The maximum Gasteiger partial charge on any atom is 0.339 e. The summed E-state index contributed by atoms with van der Waals surface area (Å²) in [5, 5.41) is 4.37. The second-order valence-electron chi connectivity index (χ2n) is 7.23. The molecule has 0 aliphatic heterocycles. The predicted molar refractivity (Wildman–Crippen MR) is 122 cm³/mol. The SMILES string of the molecule is COCc1cc(-c2nc(-c3ccc(Cl)c(C(=O)OC)c3)no2)ccc1-c1ccccc1C. The van der Waals surface area contributed by atoms with Crippen LogP contribution in [0.5, 0.6) is 0 Å². The minimum atomic E-state index is -0.531. The summed E-state index contributed by atoms with van der Waals surface area (Å²) in [6.07, 6.45) is 0. The molecule has 0 amide bonds. The van der Waals surface area contributed by atoms with Crippen molar-refractivity contribution in [3.05, 3.63) is 82.4 Å². The third-order valence-corrected chi connectivity index (χ3v) is 5.47. The number of hydrogen-bond acceptors (Lipinski definition) is 6. The van der Waals surface area contributed by atoms with Crippen LogP contribution in [-0.2, 0) is 16.1 Å². The van der Waals surface area contributed by atoms with Crippen LogP contribution in [-0.4, -0.2) is 30.3 Å². The molecule has 0 atom stereocenters. The van der Waals surface area contributed by atoms with E-state index in [4.69, 9.17) is 25.6 Å². The first-order valence-electron chi connectivity index (χ1n) is 9.92. The van der Waals surface area contributed by atoms with Crippen molar-refractivity contribution < 1.29 is 18.8 Å². The van der Waals surface area contributed by atoms with Crippen molar-refractivity contribution in [3.63, 3.8) is 0 Å². The Morgan fingerprint density at radius 3 is 2.53 bits per heavy atom. The molecule has 0 saturated carbocycles. The molecule has 6 nitrogen and oxygen atoms in total. The molecule has 0 aliphatic carbocycles. The zero-order valence-electron chi connectivity index (χ0n) is 17.9. The zero-order valence-corrected chi connectivity index (χ0v) is 18.6. The lowest BCUT2D eigenvalue weighted by Crippen LogP contribution is -2.02. The van der Waals surface area contributed by atoms with E-state index in [9.17, 15) is 4.79 Å². The molecular weight excluding hydrogens is 428 g/mol. The molecule has 0 spiro atoms. The Hall–Kier alpha value is -3.48. The van der Waals surface area contributed by atoms with Gasteiger partial charge in [0.05, 0.1) is 24.3 Å². The Balaban J connectivity index is 1.71. The highest BCUT2D eigenvalue weighted by Crippen LogP contribution is 2.32. The summed E-state index contributed by atoms with van der Waals surface area (Å²) in [6, 6.07) is 19.1. The minimum Gasteiger partial charge on any atom is -0.465 e. The third kappa shape index (κ3) is 4.28. The summed E-state index contributed by atoms with van der Waals surface area (Å²) in [5.41, 5.74) is 6.04. The number of carbonyl (C=O) groups excluding carboxylic acids is 1. The number of nitrogens with zero attached hydrogens (tertiary/aromatic N) is 2. The molecule has 0 bridgehead atoms. The lowest BCUT2D eigenvalue weighted by atomic mass is 9.94. The van der Waals surface area contributed by atoms with Crippen molar-refractivity contribution in [2.24, 2.45) is 0 Å². The van der Waals surface area contributed by atoms with Crippen LogP contribution in [0.15, 0.2) is 65.2 Å². The molecule has 32 heavy (non-hydrogen) atoms. The Bertz CT molecular complexity index is 1280. The Labute approximate surface area is 190 Å². The average Bonchev–Trinajstić information content (AvgIpc) is 3.30. The van der Waals surface area contributed by atoms with E-state index in [-0.39, 0.29) is 5.56 Å². The fourth-order valence-corrected chi connectivity index (χ4v) is 3.72. The van der Waals surface area contributed by atoms with Crippen LogP contribution in [0.4, 0.5) is 0 Å². The van der Waals surface area contributed by atoms with Gasteiger partial charge in [0, 0.05) is 18.2 Å². The van der Waals surface area contributed by atoms with Gasteiger partial charge in [0.1, 0.15) is 0 Å². The van der Waals surface area contributed by atoms with Crippen molar-refractivity contribution in [1.82, 2.24) is 10.1 Å². The molecule has 0 unspecified atom stereocenters. The summed E-state index contributed by atoms with van der Waals surface area (Å²) in [4.78, 5) is 16.4. The quantitative estimate of drug-likeness (QED) is 0.338. The van der Waals surface area contributed by atoms with E-state index in [2.05, 4.69) is 29.2 Å². The number of aromatic nitrogens is 2. The summed E-state index contributed by atoms with van der Waals surface area (Å²) < 4.78 is 15.7. The molecule has 3 aromatic carbocycles. The smallest absolute Gasteiger partial charge is 0.339 e. The van der Waals surface area contributed by atoms with Gasteiger partial charge in [-0.25, -0.2) is 4.79 Å². The number of esters is 1. The Morgan fingerprint density at radius 1 is 1.00 bits per heavy atom. The van der Waals surface area contributed by atoms with Crippen LogP contribution >= 0.6 is 11.6 Å². The second-order valence-corrected chi connectivity index (χ2v) is 7.64. The van der Waals surface area contributed by atoms with Crippen molar-refractivity contribution in [2.45, 2.75) is 13.5 Å². The maximum absolute atomic E-state index is 11.9. The lowest BCUT2D eigenvalue weighted by Gasteiger charge is -2.12. The number of hydrogen-bond donors (Lipinski definition) is 0. The van der Waals surface area contributed by atoms with E-state index in [1.165, 1.54) is 12.7 Å². The molecule has 1 aromatic heterocycles. The van der Waals surface area contributed by atoms with Gasteiger partial charge < -0.3 is 14.0 Å². The zero-order chi connectivity index (χ0) is 22.7. The van der Waals surface area contributed by atoms with Crippen molar-refractivity contribution >= 4 is 17.6 Å². The standard InChI is InChI=1S/C25H21ClN2O4/c1-15-6-4-5-7-19(15)20-10-8-17(12-18(20)14-30-2)24-27-23(28-32-24)16-9-11-22(26)21(13-16)25(29)31-3/h4-13H,14H2,1-3H3. The van der Waals surface area contributed by atoms with Crippen molar-refractivity contribution in [2.75, 3.05) is 14.2 Å². The van der Waals surface area contributed by atoms with E-state index in [0.717, 1.165) is 22.3 Å². The van der Waals surface area contributed by atoms with Crippen LogP contribution in [0.2, 0.25) is 5.02 Å². The van der Waals surface area contributed by atoms with Crippen LogP contribution < -0.4 is 0 Å². The van der Waals surface area contributed by atoms with Crippen molar-refractivity contribution in [1.29, 1.82) is 0 Å². The number of halogens is 1. The first-order valence-corrected chi connectivity index (χ1v) is 10.3.